The number of ether oxygens (including phenoxy) is 1. The Bertz CT molecular complexity index is 1390. The monoisotopic (exact) mass is 712 g/mol. The number of rotatable bonds is 7. The molecule has 14 heteroatoms. The third-order valence-electron chi connectivity index (χ3n) is 9.57. The quantitative estimate of drug-likeness (QED) is 0.415. The third-order valence-corrected chi connectivity index (χ3v) is 13.5. The molecule has 0 radical (unpaired) electrons. The minimum absolute atomic E-state index is 0.184. The Labute approximate surface area is 290 Å². The molecule has 1 amide bonds. The molecule has 3 fully saturated rings. The highest BCUT2D eigenvalue weighted by Gasteiger charge is 2.36. The Balaban J connectivity index is 1.53. The maximum atomic E-state index is 14.2. The van der Waals surface area contributed by atoms with Gasteiger partial charge in [-0.05, 0) is 95.6 Å². The summed E-state index contributed by atoms with van der Waals surface area (Å²) in [5, 5.41) is 0. The molecule has 3 aliphatic rings. The van der Waals surface area contributed by atoms with E-state index < -0.39 is 31.9 Å². The van der Waals surface area contributed by atoms with E-state index in [1.165, 1.54) is 36.4 Å². The van der Waals surface area contributed by atoms with Gasteiger partial charge in [-0.1, -0.05) is 26.2 Å². The van der Waals surface area contributed by atoms with Crippen LogP contribution >= 0.6 is 0 Å². The van der Waals surface area contributed by atoms with Crippen LogP contribution in [0.3, 0.4) is 0 Å². The summed E-state index contributed by atoms with van der Waals surface area (Å²) in [7, 11) is -3.82. The van der Waals surface area contributed by atoms with Gasteiger partial charge in [0, 0.05) is 78.7 Å². The number of carbonyl (C=O) groups is 1. The summed E-state index contributed by atoms with van der Waals surface area (Å²) in [6, 6.07) is 6.95. The first kappa shape index (κ1) is 38.8. The molecule has 1 atom stereocenters. The van der Waals surface area contributed by atoms with Gasteiger partial charge in [-0.15, -0.1) is 0 Å². The number of sulfonamides is 1. The molecule has 12 nitrogen and oxygen atoms in total. The molecule has 0 N–H and O–H groups in total. The predicted octanol–water partition coefficient (Wildman–Crippen LogP) is 4.16. The van der Waals surface area contributed by atoms with E-state index in [1.54, 1.807) is 25.6 Å². The van der Waals surface area contributed by atoms with Crippen molar-refractivity contribution in [1.29, 1.82) is 0 Å². The van der Waals surface area contributed by atoms with Gasteiger partial charge < -0.3 is 19.4 Å². The second-order valence-corrected chi connectivity index (χ2v) is 19.0. The van der Waals surface area contributed by atoms with Crippen LogP contribution in [0.5, 0.6) is 0 Å². The fourth-order valence-corrected chi connectivity index (χ4v) is 10.3. The number of benzene rings is 1. The maximum Gasteiger partial charge on any atom is 0.410 e. The van der Waals surface area contributed by atoms with Crippen LogP contribution in [0, 0.1) is 11.8 Å². The van der Waals surface area contributed by atoms with Crippen molar-refractivity contribution in [3.8, 4) is 0 Å². The summed E-state index contributed by atoms with van der Waals surface area (Å²) >= 11 is 0. The average Bonchev–Trinajstić information content (AvgIpc) is 3.02. The molecule has 1 saturated carbocycles. The van der Waals surface area contributed by atoms with Crippen molar-refractivity contribution in [3.05, 3.63) is 24.3 Å². The molecule has 4 rings (SSSR count). The van der Waals surface area contributed by atoms with Crippen LogP contribution in [-0.2, 0) is 25.0 Å². The Kier molecular flexibility index (Phi) is 13.6. The topological polar surface area (TPSA) is 114 Å². The first-order chi connectivity index (χ1) is 22.6. The zero-order chi connectivity index (χ0) is 35.1. The fraction of sp³-hybridized carbons (Fsp3) is 0.794. The van der Waals surface area contributed by atoms with Crippen LogP contribution in [0.25, 0.3) is 0 Å². The van der Waals surface area contributed by atoms with Crippen molar-refractivity contribution in [2.24, 2.45) is 11.8 Å². The van der Waals surface area contributed by atoms with Gasteiger partial charge in [-0.2, -0.15) is 21.3 Å². The molecule has 1 aromatic carbocycles. The van der Waals surface area contributed by atoms with Crippen LogP contribution in [-0.4, -0.2) is 137 Å². The molecule has 0 spiro atoms. The van der Waals surface area contributed by atoms with E-state index in [-0.39, 0.29) is 50.1 Å². The van der Waals surface area contributed by atoms with Crippen LogP contribution < -0.4 is 4.90 Å². The standard InChI is InChI=1S/C34H60N6O6S2/c1-29-26-39(47(42,43)32-16-14-31(15-17-32)35(5)6)20-10-18-36(28-30-12-8-7-9-13-30)19-11-21-40(27-29)48(44,45)38-24-22-37(23-25-38)33(41)46-34(2,3)4/h14-17,29-30H,7-13,18-28H2,1-6H3/t29-/m0/s1. The molecule has 0 aromatic heterocycles. The van der Waals surface area contributed by atoms with Gasteiger partial charge in [-0.3, -0.25) is 0 Å². The largest absolute Gasteiger partial charge is 0.444 e. The van der Waals surface area contributed by atoms with Gasteiger partial charge in [0.15, 0.2) is 0 Å². The van der Waals surface area contributed by atoms with Crippen molar-refractivity contribution in [2.75, 3.05) is 91.0 Å². The highest BCUT2D eigenvalue weighted by atomic mass is 32.2. The van der Waals surface area contributed by atoms with Crippen LogP contribution in [0.15, 0.2) is 29.2 Å². The molecular weight excluding hydrogens is 653 g/mol. The third kappa shape index (κ3) is 10.8. The highest BCUT2D eigenvalue weighted by molar-refractivity contribution is 7.89. The van der Waals surface area contributed by atoms with E-state index in [1.807, 2.05) is 58.8 Å². The lowest BCUT2D eigenvalue weighted by atomic mass is 9.89. The molecule has 0 bridgehead atoms. The molecule has 2 aliphatic heterocycles. The number of amides is 1. The van der Waals surface area contributed by atoms with Gasteiger partial charge in [-0.25, -0.2) is 13.2 Å². The van der Waals surface area contributed by atoms with Crippen molar-refractivity contribution in [3.63, 3.8) is 0 Å². The van der Waals surface area contributed by atoms with Crippen LogP contribution in [0.1, 0.15) is 72.6 Å². The maximum absolute atomic E-state index is 14.2. The van der Waals surface area contributed by atoms with E-state index >= 15 is 0 Å². The number of piperazine rings is 1. The van der Waals surface area contributed by atoms with Crippen molar-refractivity contribution >= 4 is 32.0 Å². The summed E-state index contributed by atoms with van der Waals surface area (Å²) in [6.45, 7) is 11.9. The fourth-order valence-electron chi connectivity index (χ4n) is 6.99. The summed E-state index contributed by atoms with van der Waals surface area (Å²) < 4.78 is 66.5. The lowest BCUT2D eigenvalue weighted by molar-refractivity contribution is 0.0189. The van der Waals surface area contributed by atoms with Crippen LogP contribution in [0.2, 0.25) is 0 Å². The lowest BCUT2D eigenvalue weighted by Crippen LogP contribution is -2.55. The van der Waals surface area contributed by atoms with Crippen molar-refractivity contribution in [2.45, 2.75) is 83.1 Å². The first-order valence-corrected chi connectivity index (χ1v) is 20.6. The van der Waals surface area contributed by atoms with Gasteiger partial charge in [0.05, 0.1) is 4.90 Å². The SMILES string of the molecule is C[C@H]1CN(S(=O)(=O)c2ccc(N(C)C)cc2)CCCN(CC2CCCCC2)CCCN(S(=O)(=O)N2CCN(C(=O)OC(C)(C)C)CC2)C1. The van der Waals surface area contributed by atoms with E-state index in [9.17, 15) is 21.6 Å². The summed E-state index contributed by atoms with van der Waals surface area (Å²) in [5.74, 6) is 0.388. The Morgan fingerprint density at radius 3 is 1.90 bits per heavy atom. The highest BCUT2D eigenvalue weighted by Crippen LogP contribution is 2.26. The summed E-state index contributed by atoms with van der Waals surface area (Å²) in [4.78, 5) is 18.8. The molecule has 1 aliphatic carbocycles. The molecule has 274 valence electrons. The molecule has 2 saturated heterocycles. The minimum atomic E-state index is -3.86. The normalized spacial score (nSPS) is 23.3. The molecule has 1 aromatic rings. The average molecular weight is 713 g/mol. The van der Waals surface area contributed by atoms with E-state index in [0.717, 1.165) is 31.7 Å². The number of nitrogens with zero attached hydrogens (tertiary/aromatic N) is 6. The van der Waals surface area contributed by atoms with Gasteiger partial charge in [0.25, 0.3) is 10.2 Å². The Hall–Kier alpha value is -1.97. The summed E-state index contributed by atoms with van der Waals surface area (Å²) in [5.41, 5.74) is 0.291. The second kappa shape index (κ2) is 16.8. The number of hydrogen-bond donors (Lipinski definition) is 0. The van der Waals surface area contributed by atoms with E-state index in [0.29, 0.717) is 25.4 Å². The van der Waals surface area contributed by atoms with Crippen LogP contribution in [0.4, 0.5) is 10.5 Å². The zero-order valence-corrected chi connectivity index (χ0v) is 31.8. The van der Waals surface area contributed by atoms with Gasteiger partial charge in [0.2, 0.25) is 10.0 Å². The molecule has 48 heavy (non-hydrogen) atoms. The number of anilines is 1. The second-order valence-electron chi connectivity index (χ2n) is 15.1. The lowest BCUT2D eigenvalue weighted by Gasteiger charge is -2.38. The van der Waals surface area contributed by atoms with E-state index in [4.69, 9.17) is 4.74 Å². The Morgan fingerprint density at radius 2 is 1.33 bits per heavy atom. The summed E-state index contributed by atoms with van der Waals surface area (Å²) in [6.07, 6.45) is 7.21. The predicted molar refractivity (Wildman–Crippen MR) is 191 cm³/mol. The smallest absolute Gasteiger partial charge is 0.410 e. The van der Waals surface area contributed by atoms with E-state index in [2.05, 4.69) is 4.90 Å². The van der Waals surface area contributed by atoms with Crippen molar-refractivity contribution in [1.82, 2.24) is 22.7 Å². The molecule has 0 unspecified atom stereocenters. The van der Waals surface area contributed by atoms with Crippen molar-refractivity contribution < 1.29 is 26.4 Å². The number of hydrogen-bond acceptors (Lipinski definition) is 8. The van der Waals surface area contributed by atoms with Gasteiger partial charge in [0.1, 0.15) is 5.60 Å². The first-order valence-electron chi connectivity index (χ1n) is 17.8. The van der Waals surface area contributed by atoms with Gasteiger partial charge >= 0.3 is 6.09 Å². The molecular formula is C34H60N6O6S2. The Morgan fingerprint density at radius 1 is 0.771 bits per heavy atom. The molecule has 2 heterocycles. The number of carbonyl (C=O) groups excluding carboxylic acids is 1. The zero-order valence-electron chi connectivity index (χ0n) is 30.1. The minimum Gasteiger partial charge on any atom is -0.444 e.